The Morgan fingerprint density at radius 3 is 2.72 bits per heavy atom. The van der Waals surface area contributed by atoms with Gasteiger partial charge in [-0.3, -0.25) is 29.4 Å². The summed E-state index contributed by atoms with van der Waals surface area (Å²) in [6.45, 7) is -0.473. The van der Waals surface area contributed by atoms with Crippen LogP contribution in [0.5, 0.6) is 5.75 Å². The summed E-state index contributed by atoms with van der Waals surface area (Å²) < 4.78 is 11.6. The van der Waals surface area contributed by atoms with E-state index >= 15 is 0 Å². The van der Waals surface area contributed by atoms with Gasteiger partial charge in [-0.15, -0.1) is 0 Å². The van der Waals surface area contributed by atoms with E-state index in [9.17, 15) is 24.5 Å². The van der Waals surface area contributed by atoms with Crippen molar-refractivity contribution in [1.29, 1.82) is 0 Å². The van der Waals surface area contributed by atoms with Crippen molar-refractivity contribution in [3.8, 4) is 17.1 Å². The molecule has 1 N–H and O–H groups in total. The lowest BCUT2D eigenvalue weighted by Crippen LogP contribution is -2.36. The van der Waals surface area contributed by atoms with Crippen LogP contribution in [-0.2, 0) is 9.59 Å². The fourth-order valence-corrected chi connectivity index (χ4v) is 4.50. The van der Waals surface area contributed by atoms with Crippen molar-refractivity contribution in [3.63, 3.8) is 0 Å². The van der Waals surface area contributed by atoms with Crippen molar-refractivity contribution in [2.24, 2.45) is 0 Å². The fraction of sp³-hybridized carbons (Fsp3) is 0.0870. The Morgan fingerprint density at radius 1 is 1.25 bits per heavy atom. The summed E-state index contributed by atoms with van der Waals surface area (Å²) in [6, 6.07) is 12.1. The van der Waals surface area contributed by atoms with Crippen molar-refractivity contribution >= 4 is 73.8 Å². The Hall–Kier alpha value is -3.61. The van der Waals surface area contributed by atoms with Gasteiger partial charge in [0, 0.05) is 22.3 Å². The van der Waals surface area contributed by atoms with E-state index in [1.165, 1.54) is 37.5 Å². The zero-order valence-corrected chi connectivity index (χ0v) is 21.5. The molecule has 0 atom stereocenters. The van der Waals surface area contributed by atoms with Crippen molar-refractivity contribution in [2.75, 3.05) is 19.0 Å². The van der Waals surface area contributed by atoms with Crippen LogP contribution in [0, 0.1) is 10.1 Å². The average molecular weight is 593 g/mol. The predicted molar refractivity (Wildman–Crippen MR) is 138 cm³/mol. The molecule has 0 saturated carbocycles. The van der Waals surface area contributed by atoms with Gasteiger partial charge < -0.3 is 14.5 Å². The van der Waals surface area contributed by atoms with Crippen molar-refractivity contribution in [1.82, 2.24) is 4.90 Å². The van der Waals surface area contributed by atoms with Gasteiger partial charge in [0.2, 0.25) is 5.91 Å². The maximum absolute atomic E-state index is 12.8. The second kappa shape index (κ2) is 10.6. The van der Waals surface area contributed by atoms with Gasteiger partial charge in [-0.05, 0) is 64.1 Å². The molecule has 184 valence electrons. The van der Waals surface area contributed by atoms with E-state index in [1.807, 2.05) is 0 Å². The van der Waals surface area contributed by atoms with E-state index in [0.717, 1.165) is 4.90 Å². The molecule has 36 heavy (non-hydrogen) atoms. The number of nitrogens with one attached hydrogen (secondary N) is 1. The third-order valence-corrected chi connectivity index (χ3v) is 7.08. The van der Waals surface area contributed by atoms with Gasteiger partial charge in [-0.25, -0.2) is 0 Å². The molecule has 10 nitrogen and oxygen atoms in total. The van der Waals surface area contributed by atoms with Crippen molar-refractivity contribution in [3.05, 3.63) is 78.8 Å². The molecule has 2 aromatic carbocycles. The number of nitrogens with zero attached hydrogens (tertiary/aromatic N) is 2. The molecular weight excluding hydrogens is 578 g/mol. The molecule has 13 heteroatoms. The maximum Gasteiger partial charge on any atom is 0.294 e. The zero-order valence-electron chi connectivity index (χ0n) is 18.3. The Labute approximate surface area is 221 Å². The van der Waals surface area contributed by atoms with Gasteiger partial charge >= 0.3 is 0 Å². The van der Waals surface area contributed by atoms with Crippen LogP contribution in [-0.4, -0.2) is 40.5 Å². The highest BCUT2D eigenvalue weighted by Gasteiger charge is 2.36. The number of ether oxygens (including phenoxy) is 1. The van der Waals surface area contributed by atoms with Crippen LogP contribution in [0.15, 0.2) is 62.3 Å². The number of amides is 3. The first-order chi connectivity index (χ1) is 17.2. The zero-order chi connectivity index (χ0) is 26.0. The molecule has 1 aliphatic heterocycles. The van der Waals surface area contributed by atoms with Gasteiger partial charge in [0.15, 0.2) is 0 Å². The minimum absolute atomic E-state index is 0.0797. The highest BCUT2D eigenvalue weighted by Crippen LogP contribution is 2.36. The summed E-state index contributed by atoms with van der Waals surface area (Å²) in [6.07, 6.45) is 1.39. The summed E-state index contributed by atoms with van der Waals surface area (Å²) in [4.78, 5) is 48.9. The molecule has 0 radical (unpaired) electrons. The number of nitro groups is 1. The van der Waals surface area contributed by atoms with Crippen molar-refractivity contribution in [2.45, 2.75) is 0 Å². The lowest BCUT2D eigenvalue weighted by atomic mass is 10.1. The molecule has 1 aliphatic rings. The number of rotatable bonds is 7. The number of carbonyl (C=O) groups is 3. The first-order valence-electron chi connectivity index (χ1n) is 10.1. The monoisotopic (exact) mass is 591 g/mol. The second-order valence-electron chi connectivity index (χ2n) is 7.29. The molecule has 3 aromatic rings. The van der Waals surface area contributed by atoms with Crippen LogP contribution in [0.4, 0.5) is 16.2 Å². The molecule has 3 amide bonds. The molecule has 1 aromatic heterocycles. The van der Waals surface area contributed by atoms with E-state index in [1.54, 1.807) is 24.3 Å². The molecule has 1 fully saturated rings. The van der Waals surface area contributed by atoms with E-state index in [2.05, 4.69) is 21.2 Å². The number of nitro benzene ring substituents is 1. The van der Waals surface area contributed by atoms with E-state index in [4.69, 9.17) is 20.8 Å². The maximum atomic E-state index is 12.8. The number of anilines is 1. The summed E-state index contributed by atoms with van der Waals surface area (Å²) in [5, 5.41) is 13.4. The number of methoxy groups -OCH3 is 1. The van der Waals surface area contributed by atoms with Crippen LogP contribution in [0.25, 0.3) is 17.4 Å². The van der Waals surface area contributed by atoms with Gasteiger partial charge in [-0.1, -0.05) is 11.6 Å². The Morgan fingerprint density at radius 2 is 2.03 bits per heavy atom. The molecule has 0 bridgehead atoms. The number of hydrogen-bond donors (Lipinski definition) is 1. The van der Waals surface area contributed by atoms with E-state index in [-0.39, 0.29) is 22.1 Å². The third kappa shape index (κ3) is 5.45. The van der Waals surface area contributed by atoms with Gasteiger partial charge in [-0.2, -0.15) is 0 Å². The quantitative estimate of drug-likeness (QED) is 0.202. The molecule has 1 saturated heterocycles. The Balaban J connectivity index is 1.48. The first kappa shape index (κ1) is 25.5. The number of hydrogen-bond acceptors (Lipinski definition) is 8. The third-order valence-electron chi connectivity index (χ3n) is 4.94. The highest BCUT2D eigenvalue weighted by molar-refractivity contribution is 9.10. The average Bonchev–Trinajstić information content (AvgIpc) is 3.41. The normalized spacial score (nSPS) is 14.4. The van der Waals surface area contributed by atoms with Gasteiger partial charge in [0.1, 0.15) is 23.8 Å². The summed E-state index contributed by atoms with van der Waals surface area (Å²) in [5.74, 6) is -0.351. The lowest BCUT2D eigenvalue weighted by molar-refractivity contribution is -0.384. The lowest BCUT2D eigenvalue weighted by Gasteiger charge is -2.12. The number of halogens is 2. The van der Waals surface area contributed by atoms with Gasteiger partial charge in [0.05, 0.1) is 33.6 Å². The Kier molecular flexibility index (Phi) is 7.48. The van der Waals surface area contributed by atoms with Crippen molar-refractivity contribution < 1.29 is 28.5 Å². The predicted octanol–water partition coefficient (Wildman–Crippen LogP) is 5.95. The molecule has 0 unspecified atom stereocenters. The molecule has 0 spiro atoms. The molecular formula is C23H15BrClN3O7S. The van der Waals surface area contributed by atoms with Crippen LogP contribution < -0.4 is 10.1 Å². The highest BCUT2D eigenvalue weighted by atomic mass is 79.9. The van der Waals surface area contributed by atoms with Gasteiger partial charge in [0.25, 0.3) is 16.8 Å². The van der Waals surface area contributed by atoms with E-state index in [0.29, 0.717) is 38.3 Å². The standard InChI is InChI=1S/C23H15BrClN3O7S/c1-34-19-9-13(28(32)33)3-5-15(19)18-7-4-14(35-18)10-20-22(30)27(23(31)36-20)11-21(29)26-12-2-6-16(24)17(25)8-12/h2-10H,11H2,1H3,(H,26,29)/b20-10+. The largest absolute Gasteiger partial charge is 0.496 e. The van der Waals surface area contributed by atoms with Crippen LogP contribution >= 0.6 is 39.3 Å². The first-order valence-corrected chi connectivity index (χ1v) is 12.1. The second-order valence-corrected chi connectivity index (χ2v) is 9.54. The number of carbonyl (C=O) groups excluding carboxylic acids is 3. The number of non-ortho nitro benzene ring substituents is 1. The van der Waals surface area contributed by atoms with Crippen LogP contribution in [0.2, 0.25) is 5.02 Å². The SMILES string of the molecule is COc1cc([N+](=O)[O-])ccc1-c1ccc(/C=C2/SC(=O)N(CC(=O)Nc3ccc(Br)c(Cl)c3)C2=O)o1. The fourth-order valence-electron chi connectivity index (χ4n) is 3.26. The smallest absolute Gasteiger partial charge is 0.294 e. The molecule has 0 aliphatic carbocycles. The summed E-state index contributed by atoms with van der Waals surface area (Å²) >= 11 is 9.95. The molecule has 4 rings (SSSR count). The van der Waals surface area contributed by atoms with E-state index < -0.39 is 28.5 Å². The summed E-state index contributed by atoms with van der Waals surface area (Å²) in [7, 11) is 1.38. The number of furan rings is 1. The molecule has 2 heterocycles. The van der Waals surface area contributed by atoms with Crippen LogP contribution in [0.1, 0.15) is 5.76 Å². The number of benzene rings is 2. The minimum atomic E-state index is -0.639. The van der Waals surface area contributed by atoms with Crippen LogP contribution in [0.3, 0.4) is 0 Å². The minimum Gasteiger partial charge on any atom is -0.496 e. The topological polar surface area (TPSA) is 132 Å². The summed E-state index contributed by atoms with van der Waals surface area (Å²) in [5.41, 5.74) is 0.754. The Bertz CT molecular complexity index is 1440. The number of imide groups is 1. The number of thioether (sulfide) groups is 1.